The Morgan fingerprint density at radius 3 is 2.57 bits per heavy atom. The van der Waals surface area contributed by atoms with Crippen LogP contribution < -0.4 is 5.32 Å². The number of hydrogen-bond donors (Lipinski definition) is 2. The first-order valence-electron chi connectivity index (χ1n) is 6.79. The highest BCUT2D eigenvalue weighted by Crippen LogP contribution is 2.19. The highest BCUT2D eigenvalue weighted by Gasteiger charge is 2.19. The Morgan fingerprint density at radius 2 is 2.00 bits per heavy atom. The van der Waals surface area contributed by atoms with Gasteiger partial charge in [-0.3, -0.25) is 4.79 Å². The van der Waals surface area contributed by atoms with E-state index in [9.17, 15) is 9.59 Å². The Morgan fingerprint density at radius 1 is 1.29 bits per heavy atom. The van der Waals surface area contributed by atoms with Gasteiger partial charge < -0.3 is 14.8 Å². The molecule has 0 aliphatic heterocycles. The van der Waals surface area contributed by atoms with E-state index in [2.05, 4.69) is 5.32 Å². The quantitative estimate of drug-likeness (QED) is 0.854. The maximum atomic E-state index is 12.1. The number of nitrogens with one attached hydrogen (secondary N) is 1. The third kappa shape index (κ3) is 3.72. The molecule has 5 heteroatoms. The molecule has 21 heavy (non-hydrogen) atoms. The van der Waals surface area contributed by atoms with Crippen molar-refractivity contribution in [3.8, 4) is 0 Å². The highest BCUT2D eigenvalue weighted by atomic mass is 16.4. The van der Waals surface area contributed by atoms with Gasteiger partial charge in [0.05, 0.1) is 11.6 Å². The van der Waals surface area contributed by atoms with Gasteiger partial charge in [-0.05, 0) is 12.0 Å². The Balaban J connectivity index is 2.12. The summed E-state index contributed by atoms with van der Waals surface area (Å²) in [6.07, 6.45) is 2.77. The summed E-state index contributed by atoms with van der Waals surface area (Å²) in [4.78, 5) is 22.9. The smallest absolute Gasteiger partial charge is 0.338 e. The molecule has 1 aromatic heterocycles. The normalized spacial score (nSPS) is 11.9. The Hall–Kier alpha value is -2.56. The highest BCUT2D eigenvalue weighted by molar-refractivity contribution is 5.95. The minimum Gasteiger partial charge on any atom is -0.478 e. The van der Waals surface area contributed by atoms with E-state index < -0.39 is 11.9 Å². The second-order valence-corrected chi connectivity index (χ2v) is 4.73. The van der Waals surface area contributed by atoms with Crippen LogP contribution in [0.1, 0.15) is 52.3 Å². The van der Waals surface area contributed by atoms with Crippen LogP contribution in [0, 0.1) is 0 Å². The molecule has 5 nitrogen and oxygen atoms in total. The van der Waals surface area contributed by atoms with Crippen LogP contribution in [-0.2, 0) is 0 Å². The van der Waals surface area contributed by atoms with Gasteiger partial charge in [-0.25, -0.2) is 4.79 Å². The Labute approximate surface area is 122 Å². The molecule has 110 valence electrons. The van der Waals surface area contributed by atoms with E-state index in [4.69, 9.17) is 9.52 Å². The van der Waals surface area contributed by atoms with Gasteiger partial charge in [0.25, 0.3) is 5.91 Å². The van der Waals surface area contributed by atoms with Crippen LogP contribution >= 0.6 is 0 Å². The third-order valence-corrected chi connectivity index (χ3v) is 3.15. The molecule has 2 rings (SSSR count). The van der Waals surface area contributed by atoms with Gasteiger partial charge in [-0.1, -0.05) is 43.7 Å². The van der Waals surface area contributed by atoms with Crippen LogP contribution in [0.4, 0.5) is 0 Å². The fraction of sp³-hybridized carbons (Fsp3) is 0.250. The van der Waals surface area contributed by atoms with Gasteiger partial charge in [-0.15, -0.1) is 0 Å². The van der Waals surface area contributed by atoms with Crippen molar-refractivity contribution in [3.05, 3.63) is 59.5 Å². The topological polar surface area (TPSA) is 79.5 Å². The van der Waals surface area contributed by atoms with Gasteiger partial charge in [-0.2, -0.15) is 0 Å². The summed E-state index contributed by atoms with van der Waals surface area (Å²) in [5, 5.41) is 11.7. The molecule has 1 unspecified atom stereocenters. The fourth-order valence-corrected chi connectivity index (χ4v) is 2.09. The maximum absolute atomic E-state index is 12.1. The molecule has 1 atom stereocenters. The fourth-order valence-electron chi connectivity index (χ4n) is 2.09. The number of carboxylic acid groups (broad SMARTS) is 1. The predicted molar refractivity (Wildman–Crippen MR) is 77.2 cm³/mol. The molecule has 0 fully saturated rings. The monoisotopic (exact) mass is 287 g/mol. The van der Waals surface area contributed by atoms with Gasteiger partial charge in [0.2, 0.25) is 0 Å². The molecule has 0 saturated carbocycles. The summed E-state index contributed by atoms with van der Waals surface area (Å²) in [5.41, 5.74) is 0.976. The molecule has 0 saturated heterocycles. The molecular weight excluding hydrogens is 270 g/mol. The SMILES string of the molecule is CCCC(NC(=O)c1cc(C(=O)O)co1)c1ccccc1. The molecule has 0 aliphatic rings. The second kappa shape index (κ2) is 6.74. The average molecular weight is 287 g/mol. The lowest BCUT2D eigenvalue weighted by atomic mass is 10.0. The van der Waals surface area contributed by atoms with E-state index in [0.717, 1.165) is 24.7 Å². The molecular formula is C16H17NO4. The van der Waals surface area contributed by atoms with E-state index in [0.29, 0.717) is 0 Å². The molecule has 0 bridgehead atoms. The number of hydrogen-bond acceptors (Lipinski definition) is 3. The van der Waals surface area contributed by atoms with E-state index >= 15 is 0 Å². The van der Waals surface area contributed by atoms with Gasteiger partial charge in [0, 0.05) is 6.07 Å². The first-order chi connectivity index (χ1) is 10.1. The molecule has 1 heterocycles. The van der Waals surface area contributed by atoms with Crippen molar-refractivity contribution in [2.45, 2.75) is 25.8 Å². The van der Waals surface area contributed by atoms with Gasteiger partial charge in [0.15, 0.2) is 5.76 Å². The van der Waals surface area contributed by atoms with E-state index in [1.807, 2.05) is 37.3 Å². The minimum atomic E-state index is -1.12. The van der Waals surface area contributed by atoms with Crippen molar-refractivity contribution in [1.82, 2.24) is 5.32 Å². The molecule has 0 spiro atoms. The molecule has 0 radical (unpaired) electrons. The van der Waals surface area contributed by atoms with Gasteiger partial charge in [0.1, 0.15) is 6.26 Å². The molecule has 1 aromatic carbocycles. The van der Waals surface area contributed by atoms with Crippen LogP contribution in [0.3, 0.4) is 0 Å². The summed E-state index contributed by atoms with van der Waals surface area (Å²) in [5.74, 6) is -1.53. The van der Waals surface area contributed by atoms with E-state index in [1.165, 1.54) is 6.07 Å². The number of carboxylic acids is 1. The molecule has 1 amide bonds. The lowest BCUT2D eigenvalue weighted by Gasteiger charge is -2.17. The van der Waals surface area contributed by atoms with Crippen LogP contribution in [0.5, 0.6) is 0 Å². The van der Waals surface area contributed by atoms with Crippen molar-refractivity contribution in [1.29, 1.82) is 0 Å². The van der Waals surface area contributed by atoms with Crippen LogP contribution in [0.2, 0.25) is 0 Å². The maximum Gasteiger partial charge on any atom is 0.338 e. The first-order valence-corrected chi connectivity index (χ1v) is 6.79. The number of amides is 1. The van der Waals surface area contributed by atoms with Crippen LogP contribution in [-0.4, -0.2) is 17.0 Å². The zero-order chi connectivity index (χ0) is 15.2. The predicted octanol–water partition coefficient (Wildman–Crippen LogP) is 3.25. The van der Waals surface area contributed by atoms with Crippen molar-refractivity contribution in [2.24, 2.45) is 0 Å². The summed E-state index contributed by atoms with van der Waals surface area (Å²) >= 11 is 0. The number of furan rings is 1. The van der Waals surface area contributed by atoms with Crippen molar-refractivity contribution in [2.75, 3.05) is 0 Å². The number of carbonyl (C=O) groups is 2. The summed E-state index contributed by atoms with van der Waals surface area (Å²) in [6.45, 7) is 2.04. The Bertz CT molecular complexity index is 618. The largest absolute Gasteiger partial charge is 0.478 e. The number of benzene rings is 1. The summed E-state index contributed by atoms with van der Waals surface area (Å²) in [6, 6.07) is 10.8. The summed E-state index contributed by atoms with van der Waals surface area (Å²) in [7, 11) is 0. The van der Waals surface area contributed by atoms with E-state index in [-0.39, 0.29) is 17.4 Å². The standard InChI is InChI=1S/C16H17NO4/c1-2-6-13(11-7-4-3-5-8-11)17-15(18)14-9-12(10-21-14)16(19)20/h3-5,7-10,13H,2,6H2,1H3,(H,17,18)(H,19,20). The first kappa shape index (κ1) is 14.8. The van der Waals surface area contributed by atoms with Crippen molar-refractivity contribution in [3.63, 3.8) is 0 Å². The minimum absolute atomic E-state index is 0.00411. The van der Waals surface area contributed by atoms with Crippen LogP contribution in [0.15, 0.2) is 47.1 Å². The van der Waals surface area contributed by atoms with Gasteiger partial charge >= 0.3 is 5.97 Å². The number of rotatable bonds is 6. The lowest BCUT2D eigenvalue weighted by Crippen LogP contribution is -2.28. The molecule has 2 N–H and O–H groups in total. The van der Waals surface area contributed by atoms with Crippen LogP contribution in [0.25, 0.3) is 0 Å². The third-order valence-electron chi connectivity index (χ3n) is 3.15. The zero-order valence-corrected chi connectivity index (χ0v) is 11.7. The molecule has 2 aromatic rings. The number of carbonyl (C=O) groups excluding carboxylic acids is 1. The molecule has 0 aliphatic carbocycles. The van der Waals surface area contributed by atoms with Crippen molar-refractivity contribution >= 4 is 11.9 Å². The summed E-state index contributed by atoms with van der Waals surface area (Å²) < 4.78 is 5.01. The lowest BCUT2D eigenvalue weighted by molar-refractivity contribution is 0.0695. The second-order valence-electron chi connectivity index (χ2n) is 4.73. The average Bonchev–Trinajstić information content (AvgIpc) is 2.98. The zero-order valence-electron chi connectivity index (χ0n) is 11.7. The number of aromatic carboxylic acids is 1. The van der Waals surface area contributed by atoms with Crippen molar-refractivity contribution < 1.29 is 19.1 Å². The Kier molecular flexibility index (Phi) is 4.77. The van der Waals surface area contributed by atoms with E-state index in [1.54, 1.807) is 0 Å².